The first kappa shape index (κ1) is 14.3. The van der Waals surface area contributed by atoms with Crippen LogP contribution in [0.25, 0.3) is 0 Å². The molecule has 1 aromatic rings. The van der Waals surface area contributed by atoms with Gasteiger partial charge in [0.05, 0.1) is 23.6 Å². The van der Waals surface area contributed by atoms with E-state index in [0.717, 1.165) is 0 Å². The second-order valence-corrected chi connectivity index (χ2v) is 4.87. The normalized spacial score (nSPS) is 18.2. The van der Waals surface area contributed by atoms with Gasteiger partial charge in [-0.2, -0.15) is 0 Å². The molecule has 20 heavy (non-hydrogen) atoms. The molecule has 0 saturated carbocycles. The molecule has 1 atom stereocenters. The maximum absolute atomic E-state index is 11.9. The van der Waals surface area contributed by atoms with Crippen LogP contribution in [0, 0.1) is 5.92 Å². The van der Waals surface area contributed by atoms with Crippen LogP contribution in [0.1, 0.15) is 16.8 Å². The van der Waals surface area contributed by atoms with Gasteiger partial charge in [-0.05, 0) is 18.2 Å². The molecule has 0 radical (unpaired) electrons. The van der Waals surface area contributed by atoms with Crippen molar-refractivity contribution in [2.45, 2.75) is 6.42 Å². The number of rotatable bonds is 3. The molecule has 1 aliphatic rings. The van der Waals surface area contributed by atoms with Gasteiger partial charge in [0.15, 0.2) is 0 Å². The summed E-state index contributed by atoms with van der Waals surface area (Å²) in [7, 11) is 1.25. The maximum Gasteiger partial charge on any atom is 0.339 e. The Hall–Kier alpha value is -2.08. The molecular formula is C13H13ClN2O4. The molecule has 1 unspecified atom stereocenters. The number of ether oxygens (including phenoxy) is 1. The van der Waals surface area contributed by atoms with Crippen LogP contribution in [0.2, 0.25) is 5.02 Å². The third-order valence-corrected chi connectivity index (χ3v) is 3.52. The van der Waals surface area contributed by atoms with Gasteiger partial charge < -0.3 is 15.4 Å². The predicted molar refractivity (Wildman–Crippen MR) is 72.4 cm³/mol. The SMILES string of the molecule is COC(=O)c1cc(N2CC(C(N)=O)CC2=O)ccc1Cl. The Morgan fingerprint density at radius 1 is 1.45 bits per heavy atom. The number of halogens is 1. The number of carbonyl (C=O) groups is 3. The lowest BCUT2D eigenvalue weighted by atomic mass is 10.1. The second kappa shape index (κ2) is 5.50. The van der Waals surface area contributed by atoms with Crippen molar-refractivity contribution in [1.82, 2.24) is 0 Å². The van der Waals surface area contributed by atoms with Gasteiger partial charge >= 0.3 is 5.97 Å². The summed E-state index contributed by atoms with van der Waals surface area (Å²) in [5.74, 6) is -1.83. The Balaban J connectivity index is 2.32. The van der Waals surface area contributed by atoms with E-state index in [9.17, 15) is 14.4 Å². The van der Waals surface area contributed by atoms with E-state index in [-0.39, 0.29) is 29.5 Å². The van der Waals surface area contributed by atoms with Gasteiger partial charge in [0, 0.05) is 18.7 Å². The molecule has 0 spiro atoms. The lowest BCUT2D eigenvalue weighted by Crippen LogP contribution is -2.28. The van der Waals surface area contributed by atoms with Crippen LogP contribution in [0.5, 0.6) is 0 Å². The minimum Gasteiger partial charge on any atom is -0.465 e. The summed E-state index contributed by atoms with van der Waals surface area (Å²) in [6.45, 7) is 0.205. The Bertz CT molecular complexity index is 588. The number of hydrogen-bond acceptors (Lipinski definition) is 4. The van der Waals surface area contributed by atoms with E-state index >= 15 is 0 Å². The van der Waals surface area contributed by atoms with Crippen LogP contribution in [0.15, 0.2) is 18.2 Å². The fourth-order valence-electron chi connectivity index (χ4n) is 2.10. The van der Waals surface area contributed by atoms with Crippen molar-refractivity contribution in [1.29, 1.82) is 0 Å². The van der Waals surface area contributed by atoms with Gasteiger partial charge in [0.25, 0.3) is 0 Å². The number of nitrogens with zero attached hydrogens (tertiary/aromatic N) is 1. The van der Waals surface area contributed by atoms with Gasteiger partial charge in [-0.25, -0.2) is 4.79 Å². The highest BCUT2D eigenvalue weighted by atomic mass is 35.5. The molecule has 2 rings (SSSR count). The van der Waals surface area contributed by atoms with Gasteiger partial charge in [-0.15, -0.1) is 0 Å². The van der Waals surface area contributed by atoms with Crippen LogP contribution in [-0.4, -0.2) is 31.4 Å². The third-order valence-electron chi connectivity index (χ3n) is 3.19. The summed E-state index contributed by atoms with van der Waals surface area (Å²) >= 11 is 5.91. The number of amides is 2. The third kappa shape index (κ3) is 2.60. The number of anilines is 1. The number of benzene rings is 1. The number of primary amides is 1. The molecule has 0 aliphatic carbocycles. The van der Waals surface area contributed by atoms with Crippen molar-refractivity contribution in [3.05, 3.63) is 28.8 Å². The molecule has 7 heteroatoms. The van der Waals surface area contributed by atoms with Crippen molar-refractivity contribution in [3.63, 3.8) is 0 Å². The first-order chi connectivity index (χ1) is 9.43. The Morgan fingerprint density at radius 3 is 2.70 bits per heavy atom. The first-order valence-corrected chi connectivity index (χ1v) is 6.29. The summed E-state index contributed by atoms with van der Waals surface area (Å²) in [4.78, 5) is 36.0. The van der Waals surface area contributed by atoms with Crippen molar-refractivity contribution in [2.24, 2.45) is 11.7 Å². The quantitative estimate of drug-likeness (QED) is 0.841. The molecule has 0 bridgehead atoms. The Morgan fingerprint density at radius 2 is 2.15 bits per heavy atom. The summed E-state index contributed by atoms with van der Waals surface area (Å²) in [6.07, 6.45) is 0.0749. The van der Waals surface area contributed by atoms with Crippen LogP contribution >= 0.6 is 11.6 Å². The van der Waals surface area contributed by atoms with E-state index in [1.807, 2.05) is 0 Å². The molecule has 2 N–H and O–H groups in total. The molecule has 0 aromatic heterocycles. The van der Waals surface area contributed by atoms with Crippen LogP contribution in [0.4, 0.5) is 5.69 Å². The van der Waals surface area contributed by atoms with Crippen molar-refractivity contribution >= 4 is 35.1 Å². The molecule has 2 amide bonds. The minimum absolute atomic E-state index is 0.0749. The van der Waals surface area contributed by atoms with Crippen LogP contribution < -0.4 is 10.6 Å². The zero-order valence-corrected chi connectivity index (χ0v) is 11.5. The van der Waals surface area contributed by atoms with E-state index in [2.05, 4.69) is 4.74 Å². The monoisotopic (exact) mass is 296 g/mol. The highest BCUT2D eigenvalue weighted by Crippen LogP contribution is 2.28. The van der Waals surface area contributed by atoms with E-state index in [1.54, 1.807) is 6.07 Å². The second-order valence-electron chi connectivity index (χ2n) is 4.46. The molecule has 1 fully saturated rings. The molecule has 6 nitrogen and oxygen atoms in total. The highest BCUT2D eigenvalue weighted by molar-refractivity contribution is 6.33. The lowest BCUT2D eigenvalue weighted by molar-refractivity contribution is -0.123. The smallest absolute Gasteiger partial charge is 0.339 e. The zero-order chi connectivity index (χ0) is 14.9. The van der Waals surface area contributed by atoms with Crippen molar-refractivity contribution in [2.75, 3.05) is 18.6 Å². The Kier molecular flexibility index (Phi) is 3.94. The number of esters is 1. The predicted octanol–water partition coefficient (Wildman–Crippen LogP) is 0.965. The maximum atomic E-state index is 11.9. The fraction of sp³-hybridized carbons (Fsp3) is 0.308. The highest BCUT2D eigenvalue weighted by Gasteiger charge is 2.34. The van der Waals surface area contributed by atoms with Crippen molar-refractivity contribution < 1.29 is 19.1 Å². The molecule has 1 aliphatic heterocycles. The van der Waals surface area contributed by atoms with Gasteiger partial charge in [0.1, 0.15) is 0 Å². The first-order valence-electron chi connectivity index (χ1n) is 5.91. The van der Waals surface area contributed by atoms with E-state index < -0.39 is 17.8 Å². The van der Waals surface area contributed by atoms with Crippen LogP contribution in [0.3, 0.4) is 0 Å². The largest absolute Gasteiger partial charge is 0.465 e. The summed E-state index contributed by atoms with van der Waals surface area (Å²) in [5.41, 5.74) is 5.87. The fourth-order valence-corrected chi connectivity index (χ4v) is 2.29. The van der Waals surface area contributed by atoms with Gasteiger partial charge in [0.2, 0.25) is 11.8 Å². The summed E-state index contributed by atoms with van der Waals surface area (Å²) < 4.78 is 4.62. The molecule has 1 heterocycles. The molecular weight excluding hydrogens is 284 g/mol. The Labute approximate surface area is 120 Å². The summed E-state index contributed by atoms with van der Waals surface area (Å²) in [5, 5.41) is 0.235. The van der Waals surface area contributed by atoms with E-state index in [4.69, 9.17) is 17.3 Å². The number of hydrogen-bond donors (Lipinski definition) is 1. The van der Waals surface area contributed by atoms with Crippen molar-refractivity contribution in [3.8, 4) is 0 Å². The minimum atomic E-state index is -0.588. The van der Waals surface area contributed by atoms with E-state index in [1.165, 1.54) is 24.1 Å². The van der Waals surface area contributed by atoms with E-state index in [0.29, 0.717) is 5.69 Å². The van der Waals surface area contributed by atoms with Gasteiger partial charge in [-0.1, -0.05) is 11.6 Å². The standard InChI is InChI=1S/C13H13ClN2O4/c1-20-13(19)9-5-8(2-3-10(9)14)16-6-7(12(15)18)4-11(16)17/h2-3,5,7H,4,6H2,1H3,(H2,15,18). The molecule has 1 saturated heterocycles. The van der Waals surface area contributed by atoms with Crippen LogP contribution in [-0.2, 0) is 14.3 Å². The molecule has 106 valence electrons. The summed E-state index contributed by atoms with van der Waals surface area (Å²) in [6, 6.07) is 4.58. The number of methoxy groups -OCH3 is 1. The zero-order valence-electron chi connectivity index (χ0n) is 10.8. The topological polar surface area (TPSA) is 89.7 Å². The number of carbonyl (C=O) groups excluding carboxylic acids is 3. The van der Waals surface area contributed by atoms with Gasteiger partial charge in [-0.3, -0.25) is 9.59 Å². The average Bonchev–Trinajstić information content (AvgIpc) is 2.81. The average molecular weight is 297 g/mol. The molecule has 1 aromatic carbocycles. The number of nitrogens with two attached hydrogens (primary N) is 1. The lowest BCUT2D eigenvalue weighted by Gasteiger charge is -2.17.